The molecule has 0 aromatic heterocycles. The van der Waals surface area contributed by atoms with E-state index in [0.717, 1.165) is 38.5 Å². The van der Waals surface area contributed by atoms with Gasteiger partial charge in [0, 0.05) is 6.42 Å². The molecule has 256 valence electrons. The minimum atomic E-state index is -0.999. The van der Waals surface area contributed by atoms with E-state index in [-0.39, 0.29) is 5.97 Å². The second kappa shape index (κ2) is 35.4. The normalized spacial score (nSPS) is 12.0. The Morgan fingerprint density at radius 3 is 0.953 bits per heavy atom. The molecule has 0 aliphatic carbocycles. The van der Waals surface area contributed by atoms with Crippen LogP contribution in [0.5, 0.6) is 0 Å². The topological polar surface area (TPSA) is 63.6 Å². The first-order valence-corrected chi connectivity index (χ1v) is 19.5. The van der Waals surface area contributed by atoms with Crippen molar-refractivity contribution in [3.8, 4) is 0 Å². The lowest BCUT2D eigenvalue weighted by Gasteiger charge is -2.13. The van der Waals surface area contributed by atoms with E-state index in [1.54, 1.807) is 0 Å². The van der Waals surface area contributed by atoms with Crippen LogP contribution in [0.4, 0.5) is 0 Å². The highest BCUT2D eigenvalue weighted by Crippen LogP contribution is 2.17. The molecule has 0 amide bonds. The Morgan fingerprint density at radius 1 is 0.419 bits per heavy atom. The van der Waals surface area contributed by atoms with Crippen molar-refractivity contribution in [3.63, 3.8) is 0 Å². The first-order chi connectivity index (χ1) is 21.1. The van der Waals surface area contributed by atoms with Gasteiger partial charge in [-0.2, -0.15) is 0 Å². The highest BCUT2D eigenvalue weighted by Gasteiger charge is 2.21. The van der Waals surface area contributed by atoms with Gasteiger partial charge < -0.3 is 9.84 Å². The summed E-state index contributed by atoms with van der Waals surface area (Å²) in [5.41, 5.74) is 0. The Hall–Kier alpha value is -1.06. The largest absolute Gasteiger partial charge is 0.479 e. The zero-order valence-corrected chi connectivity index (χ0v) is 29.3. The van der Waals surface area contributed by atoms with Crippen LogP contribution in [0.15, 0.2) is 0 Å². The van der Waals surface area contributed by atoms with Crippen LogP contribution in [-0.2, 0) is 14.3 Å². The van der Waals surface area contributed by atoms with Gasteiger partial charge in [0.1, 0.15) is 0 Å². The predicted molar refractivity (Wildman–Crippen MR) is 186 cm³/mol. The van der Waals surface area contributed by atoms with Crippen molar-refractivity contribution in [2.75, 3.05) is 0 Å². The van der Waals surface area contributed by atoms with E-state index in [0.29, 0.717) is 12.8 Å². The number of carbonyl (C=O) groups excluding carboxylic acids is 1. The summed E-state index contributed by atoms with van der Waals surface area (Å²) < 4.78 is 5.31. The molecule has 0 saturated carbocycles. The molecule has 4 nitrogen and oxygen atoms in total. The number of ether oxygens (including phenoxy) is 1. The van der Waals surface area contributed by atoms with Gasteiger partial charge in [-0.15, -0.1) is 0 Å². The third-order valence-electron chi connectivity index (χ3n) is 9.10. The fourth-order valence-electron chi connectivity index (χ4n) is 6.15. The van der Waals surface area contributed by atoms with Crippen LogP contribution in [-0.4, -0.2) is 23.1 Å². The molecule has 0 aliphatic rings. The summed E-state index contributed by atoms with van der Waals surface area (Å²) in [4.78, 5) is 23.7. The molecule has 0 radical (unpaired) electrons. The number of esters is 1. The van der Waals surface area contributed by atoms with Crippen molar-refractivity contribution in [2.24, 2.45) is 0 Å². The molecule has 0 aromatic carbocycles. The molecule has 0 spiro atoms. The zero-order valence-electron chi connectivity index (χ0n) is 29.3. The molecule has 4 heteroatoms. The second-order valence-electron chi connectivity index (χ2n) is 13.5. The van der Waals surface area contributed by atoms with Crippen molar-refractivity contribution >= 4 is 11.9 Å². The second-order valence-corrected chi connectivity index (χ2v) is 13.5. The Labute approximate surface area is 269 Å². The summed E-state index contributed by atoms with van der Waals surface area (Å²) in [5.74, 6) is -1.34. The molecule has 0 aromatic rings. The van der Waals surface area contributed by atoms with Crippen LogP contribution in [0.1, 0.15) is 232 Å². The number of carboxylic acids is 1. The van der Waals surface area contributed by atoms with Gasteiger partial charge in [0.15, 0.2) is 6.10 Å². The summed E-state index contributed by atoms with van der Waals surface area (Å²) >= 11 is 0. The number of carboxylic acid groups (broad SMARTS) is 1. The SMILES string of the molecule is CCCCCCCCCCCCCCCCCCCCCCC(OC(=O)CCCCCCCCCCCCCC)C(=O)O. The molecule has 1 unspecified atom stereocenters. The van der Waals surface area contributed by atoms with Gasteiger partial charge in [0.2, 0.25) is 0 Å². The average Bonchev–Trinajstić information content (AvgIpc) is 3.00. The average molecular weight is 609 g/mol. The standard InChI is InChI=1S/C39H76O4/c1-3-5-7-9-11-13-15-17-18-19-20-21-22-23-24-25-27-29-31-33-35-37(39(41)42)43-38(40)36-34-32-30-28-26-16-14-12-10-8-6-4-2/h37H,3-36H2,1-2H3,(H,41,42). The predicted octanol–water partition coefficient (Wildman–Crippen LogP) is 13.3. The van der Waals surface area contributed by atoms with Crippen LogP contribution >= 0.6 is 0 Å². The molecule has 0 saturated heterocycles. The van der Waals surface area contributed by atoms with Crippen LogP contribution in [0.25, 0.3) is 0 Å². The van der Waals surface area contributed by atoms with E-state index >= 15 is 0 Å². The summed E-state index contributed by atoms with van der Waals surface area (Å²) in [6.45, 7) is 4.54. The van der Waals surface area contributed by atoms with E-state index in [1.165, 1.54) is 167 Å². The maximum Gasteiger partial charge on any atom is 0.345 e. The highest BCUT2D eigenvalue weighted by atomic mass is 16.6. The molecule has 0 heterocycles. The van der Waals surface area contributed by atoms with Crippen molar-refractivity contribution < 1.29 is 19.4 Å². The monoisotopic (exact) mass is 609 g/mol. The van der Waals surface area contributed by atoms with E-state index in [4.69, 9.17) is 4.74 Å². The van der Waals surface area contributed by atoms with E-state index < -0.39 is 12.1 Å². The van der Waals surface area contributed by atoms with Crippen molar-refractivity contribution in [3.05, 3.63) is 0 Å². The third-order valence-corrected chi connectivity index (χ3v) is 9.10. The van der Waals surface area contributed by atoms with Gasteiger partial charge >= 0.3 is 11.9 Å². The van der Waals surface area contributed by atoms with Gasteiger partial charge in [-0.05, 0) is 19.3 Å². The van der Waals surface area contributed by atoms with Crippen molar-refractivity contribution in [2.45, 2.75) is 238 Å². The molecule has 1 atom stereocenters. The fourth-order valence-corrected chi connectivity index (χ4v) is 6.15. The summed E-state index contributed by atoms with van der Waals surface area (Å²) in [6, 6.07) is 0. The Morgan fingerprint density at radius 2 is 0.674 bits per heavy atom. The van der Waals surface area contributed by atoms with Crippen molar-refractivity contribution in [1.82, 2.24) is 0 Å². The summed E-state index contributed by atoms with van der Waals surface area (Å²) in [7, 11) is 0. The molecule has 1 N–H and O–H groups in total. The van der Waals surface area contributed by atoms with Crippen LogP contribution in [0, 0.1) is 0 Å². The summed E-state index contributed by atoms with van der Waals surface area (Å²) in [6.07, 6.45) is 41.4. The lowest BCUT2D eigenvalue weighted by Crippen LogP contribution is -2.27. The number of unbranched alkanes of at least 4 members (excludes halogenated alkanes) is 30. The van der Waals surface area contributed by atoms with E-state index in [9.17, 15) is 14.7 Å². The number of rotatable bonds is 36. The molecule has 0 rings (SSSR count). The molecule has 0 bridgehead atoms. The smallest absolute Gasteiger partial charge is 0.345 e. The van der Waals surface area contributed by atoms with Gasteiger partial charge in [0.25, 0.3) is 0 Å². The van der Waals surface area contributed by atoms with Crippen LogP contribution in [0.3, 0.4) is 0 Å². The first-order valence-electron chi connectivity index (χ1n) is 19.5. The molecule has 43 heavy (non-hydrogen) atoms. The number of hydrogen-bond acceptors (Lipinski definition) is 3. The summed E-state index contributed by atoms with van der Waals surface area (Å²) in [5, 5.41) is 9.48. The quantitative estimate of drug-likeness (QED) is 0.0567. The Kier molecular flexibility index (Phi) is 34.5. The van der Waals surface area contributed by atoms with Crippen LogP contribution in [0.2, 0.25) is 0 Å². The molecule has 0 fully saturated rings. The molecular weight excluding hydrogens is 532 g/mol. The van der Waals surface area contributed by atoms with Gasteiger partial charge in [-0.1, -0.05) is 206 Å². The maximum atomic E-state index is 12.2. The molecule has 0 aliphatic heterocycles. The number of hydrogen-bond donors (Lipinski definition) is 1. The lowest BCUT2D eigenvalue weighted by atomic mass is 10.0. The van der Waals surface area contributed by atoms with E-state index in [2.05, 4.69) is 13.8 Å². The number of aliphatic carboxylic acids is 1. The Balaban J connectivity index is 3.47. The minimum absolute atomic E-state index is 0.340. The fraction of sp³-hybridized carbons (Fsp3) is 0.949. The van der Waals surface area contributed by atoms with Gasteiger partial charge in [-0.3, -0.25) is 4.79 Å². The number of carbonyl (C=O) groups is 2. The zero-order chi connectivity index (χ0) is 31.5. The lowest BCUT2D eigenvalue weighted by molar-refractivity contribution is -0.164. The third kappa shape index (κ3) is 33.7. The first kappa shape index (κ1) is 41.9. The van der Waals surface area contributed by atoms with Gasteiger partial charge in [0.05, 0.1) is 0 Å². The highest BCUT2D eigenvalue weighted by molar-refractivity contribution is 5.77. The van der Waals surface area contributed by atoms with Crippen molar-refractivity contribution in [1.29, 1.82) is 0 Å². The van der Waals surface area contributed by atoms with E-state index in [1.807, 2.05) is 0 Å². The minimum Gasteiger partial charge on any atom is -0.479 e. The van der Waals surface area contributed by atoms with Crippen LogP contribution < -0.4 is 0 Å². The van der Waals surface area contributed by atoms with Gasteiger partial charge in [-0.25, -0.2) is 4.79 Å². The maximum absolute atomic E-state index is 12.2. The Bertz CT molecular complexity index is 576. The molecular formula is C39H76O4.